The number of benzene rings is 4. The van der Waals surface area contributed by atoms with Gasteiger partial charge in [-0.3, -0.25) is 0 Å². The predicted molar refractivity (Wildman–Crippen MR) is 166 cm³/mol. The van der Waals surface area contributed by atoms with Crippen molar-refractivity contribution in [2.75, 3.05) is 13.7 Å². The minimum Gasteiger partial charge on any atom is -0.494 e. The highest BCUT2D eigenvalue weighted by Gasteiger charge is 2.50. The fourth-order valence-electron chi connectivity index (χ4n) is 5.41. The van der Waals surface area contributed by atoms with E-state index in [9.17, 15) is 4.79 Å². The fraction of sp³-hybridized carbons (Fsp3) is 0.306. The molecular formula is C36H37ClO6. The molecule has 0 spiro atoms. The molecule has 0 unspecified atom stereocenters. The Morgan fingerprint density at radius 2 is 1.51 bits per heavy atom. The summed E-state index contributed by atoms with van der Waals surface area (Å²) in [6, 6.07) is 33.4. The molecule has 0 aromatic heterocycles. The topological polar surface area (TPSA) is 63.2 Å². The van der Waals surface area contributed by atoms with E-state index in [4.69, 9.17) is 35.3 Å². The first-order valence-corrected chi connectivity index (χ1v) is 14.9. The standard InChI is InChI=1S/C36H37ClO6/c1-3-40-31-17-14-26(15-18-31)20-29-21-30(16-19-32(29)37)36(39-2)22-33(41-24-27-10-6-4-7-11-27)35(34(23-38)43-36)42-25-28-12-8-5-9-13-28/h4-19,21,23,33-35H,3,20,22,24-25H2,1-2H3/t33-,34-,35+,36-/m1/s1. The minimum absolute atomic E-state index is 0.310. The monoisotopic (exact) mass is 600 g/mol. The molecule has 43 heavy (non-hydrogen) atoms. The largest absolute Gasteiger partial charge is 0.494 e. The van der Waals surface area contributed by atoms with Gasteiger partial charge in [-0.05, 0) is 59.9 Å². The second-order valence-corrected chi connectivity index (χ2v) is 10.9. The Morgan fingerprint density at radius 1 is 0.860 bits per heavy atom. The molecule has 1 saturated heterocycles. The van der Waals surface area contributed by atoms with Gasteiger partial charge < -0.3 is 28.5 Å². The van der Waals surface area contributed by atoms with Crippen LogP contribution in [-0.4, -0.2) is 38.3 Å². The molecule has 1 fully saturated rings. The summed E-state index contributed by atoms with van der Waals surface area (Å²) in [6.45, 7) is 3.24. The van der Waals surface area contributed by atoms with Gasteiger partial charge in [0.2, 0.25) is 0 Å². The van der Waals surface area contributed by atoms with E-state index in [1.807, 2.05) is 110 Å². The van der Waals surface area contributed by atoms with E-state index >= 15 is 0 Å². The molecular weight excluding hydrogens is 564 g/mol. The Bertz CT molecular complexity index is 1450. The molecule has 5 rings (SSSR count). The van der Waals surface area contributed by atoms with Crippen LogP contribution in [0.25, 0.3) is 0 Å². The SMILES string of the molecule is CCOc1ccc(Cc2cc([C@@]3(OC)C[C@@H](OCc4ccccc4)[C@H](OCc4ccccc4)[C@@H](C=O)O3)ccc2Cl)cc1. The lowest BCUT2D eigenvalue weighted by atomic mass is 9.89. The lowest BCUT2D eigenvalue weighted by Crippen LogP contribution is -2.56. The highest BCUT2D eigenvalue weighted by atomic mass is 35.5. The Morgan fingerprint density at radius 3 is 2.12 bits per heavy atom. The Hall–Kier alpha value is -3.52. The van der Waals surface area contributed by atoms with Crippen molar-refractivity contribution in [3.63, 3.8) is 0 Å². The normalized spacial score (nSPS) is 21.8. The number of halogens is 1. The van der Waals surface area contributed by atoms with Crippen molar-refractivity contribution < 1.29 is 28.5 Å². The maximum absolute atomic E-state index is 12.5. The van der Waals surface area contributed by atoms with Crippen LogP contribution in [0.4, 0.5) is 0 Å². The Labute approximate surface area is 258 Å². The molecule has 0 amide bonds. The van der Waals surface area contributed by atoms with Crippen LogP contribution in [0.1, 0.15) is 41.2 Å². The summed E-state index contributed by atoms with van der Waals surface area (Å²) in [5, 5.41) is 0.632. The summed E-state index contributed by atoms with van der Waals surface area (Å²) in [4.78, 5) is 12.5. The first-order valence-electron chi connectivity index (χ1n) is 14.5. The zero-order valence-corrected chi connectivity index (χ0v) is 25.2. The van der Waals surface area contributed by atoms with Crippen molar-refractivity contribution >= 4 is 17.9 Å². The first kappa shape index (κ1) is 30.9. The molecule has 1 heterocycles. The van der Waals surface area contributed by atoms with Gasteiger partial charge in [-0.1, -0.05) is 90.5 Å². The van der Waals surface area contributed by atoms with Crippen molar-refractivity contribution in [2.45, 2.75) is 57.1 Å². The maximum Gasteiger partial charge on any atom is 0.198 e. The third kappa shape index (κ3) is 7.71. The second kappa shape index (κ2) is 14.8. The third-order valence-electron chi connectivity index (χ3n) is 7.66. The molecule has 4 aromatic carbocycles. The quantitative estimate of drug-likeness (QED) is 0.150. The summed E-state index contributed by atoms with van der Waals surface area (Å²) < 4.78 is 31.0. The van der Waals surface area contributed by atoms with E-state index in [0.29, 0.717) is 37.7 Å². The van der Waals surface area contributed by atoms with Gasteiger partial charge in [-0.15, -0.1) is 0 Å². The van der Waals surface area contributed by atoms with Crippen LogP contribution in [-0.2, 0) is 49.2 Å². The number of hydrogen-bond donors (Lipinski definition) is 0. The molecule has 7 heteroatoms. The number of aldehydes is 1. The van der Waals surface area contributed by atoms with E-state index in [2.05, 4.69) is 0 Å². The molecule has 0 bridgehead atoms. The lowest BCUT2D eigenvalue weighted by Gasteiger charge is -2.46. The zero-order valence-electron chi connectivity index (χ0n) is 24.5. The zero-order chi connectivity index (χ0) is 30.1. The number of rotatable bonds is 13. The van der Waals surface area contributed by atoms with Gasteiger partial charge in [-0.25, -0.2) is 0 Å². The Balaban J connectivity index is 1.42. The van der Waals surface area contributed by atoms with Crippen molar-refractivity contribution in [2.24, 2.45) is 0 Å². The summed E-state index contributed by atoms with van der Waals surface area (Å²) in [6.07, 6.45) is -0.378. The van der Waals surface area contributed by atoms with Crippen LogP contribution in [0.15, 0.2) is 103 Å². The van der Waals surface area contributed by atoms with Gasteiger partial charge >= 0.3 is 0 Å². The van der Waals surface area contributed by atoms with Gasteiger partial charge in [0.25, 0.3) is 0 Å². The molecule has 4 atom stereocenters. The minimum atomic E-state index is -1.25. The van der Waals surface area contributed by atoms with E-state index in [1.165, 1.54) is 0 Å². The van der Waals surface area contributed by atoms with Crippen LogP contribution in [0.5, 0.6) is 5.75 Å². The second-order valence-electron chi connectivity index (χ2n) is 10.5. The van der Waals surface area contributed by atoms with Gasteiger partial charge in [-0.2, -0.15) is 0 Å². The van der Waals surface area contributed by atoms with Gasteiger partial charge in [0, 0.05) is 24.1 Å². The molecule has 1 aliphatic rings. The van der Waals surface area contributed by atoms with E-state index < -0.39 is 24.1 Å². The van der Waals surface area contributed by atoms with Crippen molar-refractivity contribution in [3.05, 3.63) is 136 Å². The molecule has 0 radical (unpaired) electrons. The maximum atomic E-state index is 12.5. The van der Waals surface area contributed by atoms with Crippen LogP contribution in [0.3, 0.4) is 0 Å². The van der Waals surface area contributed by atoms with Gasteiger partial charge in [0.1, 0.15) is 18.0 Å². The van der Waals surface area contributed by atoms with E-state index in [0.717, 1.165) is 39.9 Å². The van der Waals surface area contributed by atoms with Crippen LogP contribution >= 0.6 is 11.6 Å². The molecule has 0 aliphatic carbocycles. The Kier molecular flexibility index (Phi) is 10.6. The number of ether oxygens (including phenoxy) is 5. The van der Waals surface area contributed by atoms with Crippen molar-refractivity contribution in [1.29, 1.82) is 0 Å². The lowest BCUT2D eigenvalue weighted by molar-refractivity contribution is -0.321. The van der Waals surface area contributed by atoms with Crippen molar-refractivity contribution in [3.8, 4) is 5.75 Å². The molecule has 224 valence electrons. The molecule has 1 aliphatic heterocycles. The summed E-state index contributed by atoms with van der Waals surface area (Å²) in [5.74, 6) is -0.428. The van der Waals surface area contributed by atoms with Crippen molar-refractivity contribution in [1.82, 2.24) is 0 Å². The number of hydrogen-bond acceptors (Lipinski definition) is 6. The molecule has 6 nitrogen and oxygen atoms in total. The average Bonchev–Trinajstić information content (AvgIpc) is 3.05. The summed E-state index contributed by atoms with van der Waals surface area (Å²) in [7, 11) is 1.59. The highest BCUT2D eigenvalue weighted by Crippen LogP contribution is 2.42. The van der Waals surface area contributed by atoms with Crippen LogP contribution < -0.4 is 4.74 Å². The van der Waals surface area contributed by atoms with Crippen LogP contribution in [0, 0.1) is 0 Å². The summed E-state index contributed by atoms with van der Waals surface area (Å²) >= 11 is 6.67. The highest BCUT2D eigenvalue weighted by molar-refractivity contribution is 6.31. The number of carbonyl (C=O) groups is 1. The van der Waals surface area contributed by atoms with Gasteiger partial charge in [0.05, 0.1) is 25.9 Å². The average molecular weight is 601 g/mol. The predicted octanol–water partition coefficient (Wildman–Crippen LogP) is 7.29. The van der Waals surface area contributed by atoms with Crippen LogP contribution in [0.2, 0.25) is 5.02 Å². The molecule has 4 aromatic rings. The van der Waals surface area contributed by atoms with Gasteiger partial charge in [0.15, 0.2) is 12.1 Å². The van der Waals surface area contributed by atoms with E-state index in [-0.39, 0.29) is 0 Å². The fourth-order valence-corrected chi connectivity index (χ4v) is 5.59. The summed E-state index contributed by atoms with van der Waals surface area (Å²) in [5.41, 5.74) is 4.76. The first-order chi connectivity index (χ1) is 21.0. The smallest absolute Gasteiger partial charge is 0.198 e. The number of methoxy groups -OCH3 is 1. The van der Waals surface area contributed by atoms with E-state index in [1.54, 1.807) is 7.11 Å². The number of carbonyl (C=O) groups excluding carboxylic acids is 1. The molecule has 0 saturated carbocycles. The third-order valence-corrected chi connectivity index (χ3v) is 8.03. The molecule has 0 N–H and O–H groups in total.